The molecular weight excluding hydrogens is 524 g/mol. The van der Waals surface area contributed by atoms with E-state index in [4.69, 9.17) is 38.9 Å². The number of rotatable bonds is 13. The molecule has 0 aliphatic carbocycles. The van der Waals surface area contributed by atoms with Crippen molar-refractivity contribution in [1.29, 1.82) is 5.41 Å². The lowest BCUT2D eigenvalue weighted by molar-refractivity contribution is -0.120. The fraction of sp³-hybridized carbons (Fsp3) is 0.304. The van der Waals surface area contributed by atoms with Gasteiger partial charge in [-0.05, 0) is 37.6 Å². The Morgan fingerprint density at radius 2 is 1.78 bits per heavy atom. The van der Waals surface area contributed by atoms with Gasteiger partial charge in [0.15, 0.2) is 6.61 Å². The van der Waals surface area contributed by atoms with Crippen LogP contribution < -0.4 is 31.6 Å². The zero-order valence-electron chi connectivity index (χ0n) is 20.3. The van der Waals surface area contributed by atoms with Gasteiger partial charge in [-0.15, -0.1) is 0 Å². The molecule has 0 aromatic heterocycles. The maximum atomic E-state index is 13.0. The van der Waals surface area contributed by atoms with E-state index in [0.29, 0.717) is 17.5 Å². The van der Waals surface area contributed by atoms with Crippen LogP contribution in [0.15, 0.2) is 36.4 Å². The van der Waals surface area contributed by atoms with E-state index in [-0.39, 0.29) is 40.2 Å². The molecule has 0 aliphatic rings. The third-order valence-corrected chi connectivity index (χ3v) is 7.38. The van der Waals surface area contributed by atoms with Crippen LogP contribution in [0.25, 0.3) is 0 Å². The molecule has 0 saturated carbocycles. The van der Waals surface area contributed by atoms with E-state index in [1.165, 1.54) is 31.2 Å². The van der Waals surface area contributed by atoms with Gasteiger partial charge in [-0.2, -0.15) is 0 Å². The monoisotopic (exact) mass is 552 g/mol. The highest BCUT2D eigenvalue weighted by atomic mass is 35.5. The standard InChI is InChI=1S/C23H29ClN6O6S/c1-3-6-37(34,35)30(13(2)22(28)32)18-8-16(7-17(24)10-18)23(33)29-11-15-5-4-14(21(26)27)9-19(15)36-12-20(25)31/h4-5,7-10,13H,3,6,11-12H2,1-2H3,(H2,25,31)(H3,26,27)(H2,28,32)(H,29,33). The summed E-state index contributed by atoms with van der Waals surface area (Å²) < 4.78 is 32.1. The smallest absolute Gasteiger partial charge is 0.255 e. The number of carbonyl (C=O) groups is 3. The van der Waals surface area contributed by atoms with Gasteiger partial charge >= 0.3 is 0 Å². The Morgan fingerprint density at radius 1 is 1.11 bits per heavy atom. The zero-order valence-corrected chi connectivity index (χ0v) is 21.9. The fourth-order valence-electron chi connectivity index (χ4n) is 3.36. The second kappa shape index (κ2) is 12.4. The number of hydrogen-bond acceptors (Lipinski definition) is 7. The third kappa shape index (κ3) is 7.82. The quantitative estimate of drug-likeness (QED) is 0.178. The number of nitrogen functional groups attached to an aromatic ring is 1. The molecule has 2 rings (SSSR count). The maximum Gasteiger partial charge on any atom is 0.255 e. The lowest BCUT2D eigenvalue weighted by Gasteiger charge is -2.29. The number of nitrogens with two attached hydrogens (primary N) is 3. The topological polar surface area (TPSA) is 212 Å². The number of nitrogens with zero attached hydrogens (tertiary/aromatic N) is 1. The van der Waals surface area contributed by atoms with Crippen LogP contribution in [0, 0.1) is 5.41 Å². The highest BCUT2D eigenvalue weighted by molar-refractivity contribution is 7.92. The van der Waals surface area contributed by atoms with Gasteiger partial charge in [-0.1, -0.05) is 30.7 Å². The summed E-state index contributed by atoms with van der Waals surface area (Å²) in [7, 11) is -3.95. The first-order valence-electron chi connectivity index (χ1n) is 11.1. The van der Waals surface area contributed by atoms with Crippen molar-refractivity contribution < 1.29 is 27.5 Å². The minimum absolute atomic E-state index is 0.00805. The number of primary amides is 2. The molecule has 1 atom stereocenters. The first-order valence-corrected chi connectivity index (χ1v) is 13.0. The van der Waals surface area contributed by atoms with Crippen LogP contribution in [-0.2, 0) is 26.2 Å². The summed E-state index contributed by atoms with van der Waals surface area (Å²) in [6.07, 6.45) is 0.292. The fourth-order valence-corrected chi connectivity index (χ4v) is 5.31. The molecule has 8 N–H and O–H groups in total. The number of sulfonamides is 1. The molecule has 2 aromatic carbocycles. The molecule has 12 nitrogen and oxygen atoms in total. The predicted octanol–water partition coefficient (Wildman–Crippen LogP) is 0.838. The first-order chi connectivity index (χ1) is 17.3. The van der Waals surface area contributed by atoms with Crippen molar-refractivity contribution in [3.63, 3.8) is 0 Å². The van der Waals surface area contributed by atoms with Gasteiger partial charge in [0.2, 0.25) is 15.9 Å². The van der Waals surface area contributed by atoms with E-state index < -0.39 is 40.4 Å². The molecule has 0 fully saturated rings. The Hall–Kier alpha value is -3.84. The Bertz CT molecular complexity index is 1320. The minimum atomic E-state index is -3.95. The SMILES string of the molecule is CCCS(=O)(=O)N(c1cc(Cl)cc(C(=O)NCc2ccc(C(=N)N)cc2OCC(N)=O)c1)C(C)C(N)=O. The number of amides is 3. The van der Waals surface area contributed by atoms with E-state index in [1.54, 1.807) is 19.1 Å². The van der Waals surface area contributed by atoms with Crippen LogP contribution in [0.4, 0.5) is 5.69 Å². The van der Waals surface area contributed by atoms with Gasteiger partial charge in [0.25, 0.3) is 11.8 Å². The van der Waals surface area contributed by atoms with E-state index in [2.05, 4.69) is 5.32 Å². The Morgan fingerprint density at radius 3 is 2.35 bits per heavy atom. The molecule has 0 heterocycles. The van der Waals surface area contributed by atoms with E-state index in [1.807, 2.05) is 0 Å². The Kier molecular flexibility index (Phi) is 9.86. The van der Waals surface area contributed by atoms with Crippen LogP contribution in [-0.4, -0.2) is 50.4 Å². The molecule has 0 aliphatic heterocycles. The molecule has 3 amide bonds. The highest BCUT2D eigenvalue weighted by Gasteiger charge is 2.31. The summed E-state index contributed by atoms with van der Waals surface area (Å²) in [5, 5.41) is 10.3. The van der Waals surface area contributed by atoms with Crippen molar-refractivity contribution >= 4 is 50.9 Å². The van der Waals surface area contributed by atoms with Crippen molar-refractivity contribution in [2.75, 3.05) is 16.7 Å². The van der Waals surface area contributed by atoms with Crippen molar-refractivity contribution in [1.82, 2.24) is 5.32 Å². The Labute approximate surface area is 219 Å². The van der Waals surface area contributed by atoms with Gasteiger partial charge in [-0.25, -0.2) is 8.42 Å². The highest BCUT2D eigenvalue weighted by Crippen LogP contribution is 2.28. The van der Waals surface area contributed by atoms with Crippen molar-refractivity contribution in [3.05, 3.63) is 58.1 Å². The van der Waals surface area contributed by atoms with Crippen molar-refractivity contribution in [2.24, 2.45) is 17.2 Å². The van der Waals surface area contributed by atoms with E-state index in [9.17, 15) is 22.8 Å². The summed E-state index contributed by atoms with van der Waals surface area (Å²) in [4.78, 5) is 36.0. The molecule has 14 heteroatoms. The molecule has 0 saturated heterocycles. The lowest BCUT2D eigenvalue weighted by atomic mass is 10.1. The van der Waals surface area contributed by atoms with Crippen LogP contribution in [0.1, 0.15) is 41.8 Å². The van der Waals surface area contributed by atoms with Gasteiger partial charge < -0.3 is 27.3 Å². The molecule has 1 unspecified atom stereocenters. The number of amidine groups is 1. The van der Waals surface area contributed by atoms with Gasteiger partial charge in [0.05, 0.1) is 11.4 Å². The van der Waals surface area contributed by atoms with E-state index >= 15 is 0 Å². The zero-order chi connectivity index (χ0) is 27.9. The number of carbonyl (C=O) groups excluding carboxylic acids is 3. The maximum absolute atomic E-state index is 13.0. The average molecular weight is 553 g/mol. The molecule has 37 heavy (non-hydrogen) atoms. The molecule has 0 radical (unpaired) electrons. The number of anilines is 1. The van der Waals surface area contributed by atoms with Gasteiger partial charge in [0.1, 0.15) is 17.6 Å². The first kappa shape index (κ1) is 29.4. The second-order valence-corrected chi connectivity index (χ2v) is 10.5. The summed E-state index contributed by atoms with van der Waals surface area (Å²) in [5.74, 6) is -2.49. The predicted molar refractivity (Wildman–Crippen MR) is 140 cm³/mol. The van der Waals surface area contributed by atoms with Crippen LogP contribution >= 0.6 is 11.6 Å². The number of benzene rings is 2. The molecular formula is C23H29ClN6O6S. The average Bonchev–Trinajstić information content (AvgIpc) is 2.80. The number of ether oxygens (including phenoxy) is 1. The number of hydrogen-bond donors (Lipinski definition) is 5. The summed E-state index contributed by atoms with van der Waals surface area (Å²) >= 11 is 6.20. The molecule has 0 bridgehead atoms. The lowest BCUT2D eigenvalue weighted by Crippen LogP contribution is -2.47. The van der Waals surface area contributed by atoms with Crippen molar-refractivity contribution in [2.45, 2.75) is 32.9 Å². The van der Waals surface area contributed by atoms with Crippen LogP contribution in [0.5, 0.6) is 5.75 Å². The molecule has 0 spiro atoms. The van der Waals surface area contributed by atoms with Crippen molar-refractivity contribution in [3.8, 4) is 5.75 Å². The van der Waals surface area contributed by atoms with Gasteiger partial charge in [0, 0.05) is 28.3 Å². The third-order valence-electron chi connectivity index (χ3n) is 5.11. The van der Waals surface area contributed by atoms with Crippen LogP contribution in [0.3, 0.4) is 0 Å². The summed E-state index contributed by atoms with van der Waals surface area (Å²) in [6, 6.07) is 7.26. The normalized spacial score (nSPS) is 11.9. The summed E-state index contributed by atoms with van der Waals surface area (Å²) in [6.45, 7) is 2.52. The second-order valence-electron chi connectivity index (χ2n) is 8.06. The molecule has 200 valence electrons. The number of halogens is 1. The van der Waals surface area contributed by atoms with Gasteiger partial charge in [-0.3, -0.25) is 24.1 Å². The van der Waals surface area contributed by atoms with Crippen LogP contribution in [0.2, 0.25) is 5.02 Å². The largest absolute Gasteiger partial charge is 0.483 e. The Balaban J connectivity index is 2.38. The minimum Gasteiger partial charge on any atom is -0.483 e. The molecule has 2 aromatic rings. The summed E-state index contributed by atoms with van der Waals surface area (Å²) in [5.41, 5.74) is 16.9. The number of nitrogens with one attached hydrogen (secondary N) is 2. The van der Waals surface area contributed by atoms with E-state index in [0.717, 1.165) is 4.31 Å².